The Kier molecular flexibility index (Phi) is 3.24. The number of rotatable bonds is 1. The number of hydrogen-bond donors (Lipinski definition) is 1. The summed E-state index contributed by atoms with van der Waals surface area (Å²) in [4.78, 5) is 14.4. The van der Waals surface area contributed by atoms with E-state index in [1.54, 1.807) is 0 Å². The highest BCUT2D eigenvalue weighted by molar-refractivity contribution is 5.95. The van der Waals surface area contributed by atoms with Crippen LogP contribution in [0.15, 0.2) is 10.5 Å². The first-order valence-electron chi connectivity index (χ1n) is 6.12. The number of furan rings is 1. The topological polar surface area (TPSA) is 45.5 Å². The van der Waals surface area contributed by atoms with E-state index in [4.69, 9.17) is 4.42 Å². The fourth-order valence-corrected chi connectivity index (χ4v) is 2.34. The lowest BCUT2D eigenvalue weighted by molar-refractivity contribution is 0.0601. The summed E-state index contributed by atoms with van der Waals surface area (Å²) in [6, 6.07) is 2.38. The Morgan fingerprint density at radius 2 is 2.18 bits per heavy atom. The molecule has 1 aliphatic heterocycles. The summed E-state index contributed by atoms with van der Waals surface area (Å²) in [6.07, 6.45) is 0. The molecule has 1 aromatic rings. The number of carbonyl (C=O) groups excluding carboxylic acids is 1. The van der Waals surface area contributed by atoms with Gasteiger partial charge in [-0.25, -0.2) is 0 Å². The van der Waals surface area contributed by atoms with Gasteiger partial charge in [-0.2, -0.15) is 0 Å². The van der Waals surface area contributed by atoms with Crippen molar-refractivity contribution in [3.05, 3.63) is 23.2 Å². The van der Waals surface area contributed by atoms with Crippen molar-refractivity contribution in [2.24, 2.45) is 0 Å². The van der Waals surface area contributed by atoms with E-state index < -0.39 is 0 Å². The monoisotopic (exact) mass is 236 g/mol. The van der Waals surface area contributed by atoms with Crippen LogP contribution in [0, 0.1) is 13.8 Å². The predicted octanol–water partition coefficient (Wildman–Crippen LogP) is 1.72. The standard InChI is InChI=1S/C13H20N2O2/c1-8-7-12(11(4)17-8)13(16)15-6-5-14-9(2)10(15)3/h7,9-10,14H,5-6H2,1-4H3. The zero-order valence-corrected chi connectivity index (χ0v) is 10.9. The number of piperazine rings is 1. The largest absolute Gasteiger partial charge is 0.466 e. The molecule has 4 nitrogen and oxygen atoms in total. The van der Waals surface area contributed by atoms with Gasteiger partial charge in [0.25, 0.3) is 5.91 Å². The first-order chi connectivity index (χ1) is 8.00. The molecule has 2 rings (SSSR count). The maximum Gasteiger partial charge on any atom is 0.257 e. The van der Waals surface area contributed by atoms with E-state index in [9.17, 15) is 4.79 Å². The van der Waals surface area contributed by atoms with Gasteiger partial charge in [0.1, 0.15) is 11.5 Å². The van der Waals surface area contributed by atoms with E-state index in [1.807, 2.05) is 24.8 Å². The minimum atomic E-state index is 0.0835. The van der Waals surface area contributed by atoms with Gasteiger partial charge < -0.3 is 14.6 Å². The molecule has 1 saturated heterocycles. The Labute approximate surface area is 102 Å². The molecule has 0 aliphatic carbocycles. The average molecular weight is 236 g/mol. The van der Waals surface area contributed by atoms with Crippen molar-refractivity contribution in [2.45, 2.75) is 39.8 Å². The van der Waals surface area contributed by atoms with Crippen molar-refractivity contribution in [2.75, 3.05) is 13.1 Å². The highest BCUT2D eigenvalue weighted by atomic mass is 16.3. The van der Waals surface area contributed by atoms with Crippen LogP contribution in [0.4, 0.5) is 0 Å². The zero-order chi connectivity index (χ0) is 12.6. The lowest BCUT2D eigenvalue weighted by Gasteiger charge is -2.38. The molecule has 17 heavy (non-hydrogen) atoms. The Hall–Kier alpha value is -1.29. The van der Waals surface area contributed by atoms with E-state index in [2.05, 4.69) is 19.2 Å². The van der Waals surface area contributed by atoms with E-state index in [-0.39, 0.29) is 11.9 Å². The molecular formula is C13H20N2O2. The van der Waals surface area contributed by atoms with Crippen molar-refractivity contribution in [3.63, 3.8) is 0 Å². The third-order valence-corrected chi connectivity index (χ3v) is 3.57. The van der Waals surface area contributed by atoms with Gasteiger partial charge in [0.2, 0.25) is 0 Å². The summed E-state index contributed by atoms with van der Waals surface area (Å²) in [5, 5.41) is 3.37. The summed E-state index contributed by atoms with van der Waals surface area (Å²) < 4.78 is 5.43. The smallest absolute Gasteiger partial charge is 0.257 e. The first kappa shape index (κ1) is 12.2. The van der Waals surface area contributed by atoms with Crippen LogP contribution >= 0.6 is 0 Å². The Morgan fingerprint density at radius 1 is 1.47 bits per heavy atom. The molecule has 1 aromatic heterocycles. The van der Waals surface area contributed by atoms with Crippen LogP contribution in [0.25, 0.3) is 0 Å². The average Bonchev–Trinajstić information content (AvgIpc) is 2.61. The van der Waals surface area contributed by atoms with Gasteiger partial charge in [0, 0.05) is 25.2 Å². The molecule has 2 unspecified atom stereocenters. The van der Waals surface area contributed by atoms with Gasteiger partial charge in [-0.15, -0.1) is 0 Å². The molecule has 1 N–H and O–H groups in total. The number of hydrogen-bond acceptors (Lipinski definition) is 3. The molecule has 0 bridgehead atoms. The molecule has 1 aliphatic rings. The fourth-order valence-electron chi connectivity index (χ4n) is 2.34. The maximum absolute atomic E-state index is 12.4. The summed E-state index contributed by atoms with van der Waals surface area (Å²) in [7, 11) is 0. The van der Waals surface area contributed by atoms with Gasteiger partial charge in [-0.3, -0.25) is 4.79 Å². The zero-order valence-electron chi connectivity index (χ0n) is 10.9. The van der Waals surface area contributed by atoms with Crippen LogP contribution in [-0.2, 0) is 0 Å². The third kappa shape index (κ3) is 2.22. The summed E-state index contributed by atoms with van der Waals surface area (Å²) in [6.45, 7) is 9.51. The quantitative estimate of drug-likeness (QED) is 0.807. The second kappa shape index (κ2) is 4.53. The second-order valence-corrected chi connectivity index (χ2v) is 4.81. The normalized spacial score (nSPS) is 25.1. The molecular weight excluding hydrogens is 216 g/mol. The number of nitrogens with one attached hydrogen (secondary N) is 1. The number of amides is 1. The molecule has 0 saturated carbocycles. The van der Waals surface area contributed by atoms with E-state index in [0.29, 0.717) is 17.4 Å². The van der Waals surface area contributed by atoms with Crippen molar-refractivity contribution >= 4 is 5.91 Å². The lowest BCUT2D eigenvalue weighted by atomic mass is 10.1. The minimum absolute atomic E-state index is 0.0835. The molecule has 4 heteroatoms. The molecule has 1 fully saturated rings. The van der Waals surface area contributed by atoms with E-state index >= 15 is 0 Å². The van der Waals surface area contributed by atoms with E-state index in [1.165, 1.54) is 0 Å². The molecule has 0 radical (unpaired) electrons. The molecule has 94 valence electrons. The van der Waals surface area contributed by atoms with Crippen LogP contribution in [0.5, 0.6) is 0 Å². The Morgan fingerprint density at radius 3 is 2.76 bits per heavy atom. The van der Waals surface area contributed by atoms with Crippen LogP contribution in [0.1, 0.15) is 35.7 Å². The molecule has 0 spiro atoms. The highest BCUT2D eigenvalue weighted by Crippen LogP contribution is 2.19. The first-order valence-corrected chi connectivity index (χ1v) is 6.12. The summed E-state index contributed by atoms with van der Waals surface area (Å²) in [5.74, 6) is 1.59. The van der Waals surface area contributed by atoms with Crippen LogP contribution in [0.3, 0.4) is 0 Å². The molecule has 1 amide bonds. The van der Waals surface area contributed by atoms with Gasteiger partial charge in [-0.1, -0.05) is 0 Å². The van der Waals surface area contributed by atoms with Crippen LogP contribution < -0.4 is 5.32 Å². The Balaban J connectivity index is 2.22. The van der Waals surface area contributed by atoms with Crippen molar-refractivity contribution in [1.82, 2.24) is 10.2 Å². The third-order valence-electron chi connectivity index (χ3n) is 3.57. The minimum Gasteiger partial charge on any atom is -0.466 e. The van der Waals surface area contributed by atoms with Gasteiger partial charge in [0.05, 0.1) is 5.56 Å². The highest BCUT2D eigenvalue weighted by Gasteiger charge is 2.30. The molecule has 0 aromatic carbocycles. The lowest BCUT2D eigenvalue weighted by Crippen LogP contribution is -2.57. The Bertz CT molecular complexity index is 425. The van der Waals surface area contributed by atoms with Gasteiger partial charge in [0.15, 0.2) is 0 Å². The molecule has 2 heterocycles. The van der Waals surface area contributed by atoms with Crippen LogP contribution in [0.2, 0.25) is 0 Å². The van der Waals surface area contributed by atoms with Crippen LogP contribution in [-0.4, -0.2) is 36.0 Å². The summed E-state index contributed by atoms with van der Waals surface area (Å²) >= 11 is 0. The number of carbonyl (C=O) groups is 1. The van der Waals surface area contributed by atoms with E-state index in [0.717, 1.165) is 18.8 Å². The fraction of sp³-hybridized carbons (Fsp3) is 0.615. The number of aryl methyl sites for hydroxylation is 2. The second-order valence-electron chi connectivity index (χ2n) is 4.81. The maximum atomic E-state index is 12.4. The predicted molar refractivity (Wildman–Crippen MR) is 66.1 cm³/mol. The van der Waals surface area contributed by atoms with Crippen molar-refractivity contribution in [3.8, 4) is 0 Å². The van der Waals surface area contributed by atoms with Gasteiger partial charge in [-0.05, 0) is 33.8 Å². The van der Waals surface area contributed by atoms with Crippen molar-refractivity contribution < 1.29 is 9.21 Å². The van der Waals surface area contributed by atoms with Crippen molar-refractivity contribution in [1.29, 1.82) is 0 Å². The summed E-state index contributed by atoms with van der Waals surface area (Å²) in [5.41, 5.74) is 0.698. The SMILES string of the molecule is Cc1cc(C(=O)N2CCNC(C)C2C)c(C)o1. The van der Waals surface area contributed by atoms with Gasteiger partial charge >= 0.3 is 0 Å². The molecule has 2 atom stereocenters. The number of nitrogens with zero attached hydrogens (tertiary/aromatic N) is 1.